The normalized spacial score (nSPS) is 11.8. The summed E-state index contributed by atoms with van der Waals surface area (Å²) in [6, 6.07) is 0. The van der Waals surface area contributed by atoms with Gasteiger partial charge < -0.3 is 10.6 Å². The summed E-state index contributed by atoms with van der Waals surface area (Å²) in [5.41, 5.74) is 8.41. The van der Waals surface area contributed by atoms with Gasteiger partial charge in [0.2, 0.25) is 0 Å². The number of halogens is 3. The van der Waals surface area contributed by atoms with E-state index in [4.69, 9.17) is 5.73 Å². The fourth-order valence-electron chi connectivity index (χ4n) is 2.16. The van der Waals surface area contributed by atoms with Gasteiger partial charge in [0.25, 0.3) is 0 Å². The van der Waals surface area contributed by atoms with Gasteiger partial charge in [-0.25, -0.2) is 0 Å². The highest BCUT2D eigenvalue weighted by atomic mass is 19.4. The van der Waals surface area contributed by atoms with Crippen molar-refractivity contribution in [3.63, 3.8) is 0 Å². The van der Waals surface area contributed by atoms with Gasteiger partial charge in [0.15, 0.2) is 5.82 Å². The molecule has 0 aliphatic rings. The van der Waals surface area contributed by atoms with E-state index in [-0.39, 0.29) is 13.1 Å². The molecular weight excluding hydrogens is 269 g/mol. The molecule has 4 nitrogen and oxygen atoms in total. The number of anilines is 1. The summed E-state index contributed by atoms with van der Waals surface area (Å²) >= 11 is 0. The maximum Gasteiger partial charge on any atom is 0.390 e. The topological polar surface area (TPSA) is 55.0 Å². The number of nitrogens with zero attached hydrogens (tertiary/aromatic N) is 3. The molecule has 0 aromatic carbocycles. The molecule has 0 fully saturated rings. The van der Waals surface area contributed by atoms with Crippen LogP contribution in [0.2, 0.25) is 0 Å². The zero-order valence-corrected chi connectivity index (χ0v) is 12.1. The smallest absolute Gasteiger partial charge is 0.358 e. The monoisotopic (exact) mass is 290 g/mol. The molecule has 0 spiro atoms. The average molecular weight is 290 g/mol. The molecule has 1 rings (SSSR count). The Morgan fingerprint density at radius 3 is 2.20 bits per heavy atom. The lowest BCUT2D eigenvalue weighted by atomic mass is 10.0. The minimum atomic E-state index is -4.18. The maximum atomic E-state index is 12.3. The van der Waals surface area contributed by atoms with Crippen LogP contribution in [0, 0.1) is 0 Å². The number of hydrogen-bond acceptors (Lipinski definition) is 4. The lowest BCUT2D eigenvalue weighted by Crippen LogP contribution is -2.27. The summed E-state index contributed by atoms with van der Waals surface area (Å²) in [7, 11) is 1.58. The molecule has 1 aromatic rings. The first-order valence-corrected chi connectivity index (χ1v) is 6.69. The molecule has 0 atom stereocenters. The summed E-state index contributed by atoms with van der Waals surface area (Å²) in [6.45, 7) is 4.04. The fraction of sp³-hybridized carbons (Fsp3) is 0.692. The van der Waals surface area contributed by atoms with Crippen molar-refractivity contribution in [2.24, 2.45) is 5.73 Å². The zero-order valence-electron chi connectivity index (χ0n) is 12.1. The highest BCUT2D eigenvalue weighted by Gasteiger charge is 2.28. The van der Waals surface area contributed by atoms with E-state index < -0.39 is 12.6 Å². The van der Waals surface area contributed by atoms with Crippen LogP contribution in [0.1, 0.15) is 37.1 Å². The summed E-state index contributed by atoms with van der Waals surface area (Å²) in [5.74, 6) is 0.450. The Labute approximate surface area is 117 Å². The molecule has 0 aliphatic carbocycles. The molecule has 0 saturated heterocycles. The van der Waals surface area contributed by atoms with Crippen LogP contribution >= 0.6 is 0 Å². The molecule has 1 heterocycles. The number of hydrogen-bond donors (Lipinski definition) is 1. The Morgan fingerprint density at radius 2 is 1.75 bits per heavy atom. The van der Waals surface area contributed by atoms with Crippen LogP contribution in [0.15, 0.2) is 0 Å². The number of nitrogens with two attached hydrogens (primary N) is 1. The summed E-state index contributed by atoms with van der Waals surface area (Å²) in [4.78, 5) is 1.47. The van der Waals surface area contributed by atoms with Crippen LogP contribution in [0.5, 0.6) is 0 Å². The van der Waals surface area contributed by atoms with Crippen molar-refractivity contribution in [2.75, 3.05) is 18.5 Å². The third-order valence-corrected chi connectivity index (χ3v) is 3.23. The third-order valence-electron chi connectivity index (χ3n) is 3.23. The molecular formula is C13H21F3N4. The average Bonchev–Trinajstić information content (AvgIpc) is 2.41. The van der Waals surface area contributed by atoms with Gasteiger partial charge >= 0.3 is 6.18 Å². The Morgan fingerprint density at radius 1 is 1.10 bits per heavy atom. The fourth-order valence-corrected chi connectivity index (χ4v) is 2.16. The lowest BCUT2D eigenvalue weighted by Gasteiger charge is -2.23. The highest BCUT2D eigenvalue weighted by molar-refractivity contribution is 5.50. The van der Waals surface area contributed by atoms with Gasteiger partial charge in [0, 0.05) is 25.7 Å². The largest absolute Gasteiger partial charge is 0.390 e. The van der Waals surface area contributed by atoms with Gasteiger partial charge in [-0.1, -0.05) is 13.8 Å². The van der Waals surface area contributed by atoms with Crippen LogP contribution in [0.4, 0.5) is 19.0 Å². The minimum Gasteiger partial charge on any atom is -0.358 e. The number of aryl methyl sites for hydroxylation is 1. The molecule has 0 saturated carbocycles. The first kappa shape index (κ1) is 16.7. The molecule has 20 heavy (non-hydrogen) atoms. The van der Waals surface area contributed by atoms with Crippen LogP contribution in [0.3, 0.4) is 0 Å². The SMILES string of the molecule is CCc1nnc(N(C)CCC(F)(F)F)c(CN)c1CC. The van der Waals surface area contributed by atoms with Crippen molar-refractivity contribution < 1.29 is 13.2 Å². The third kappa shape index (κ3) is 4.06. The second-order valence-electron chi connectivity index (χ2n) is 4.63. The van der Waals surface area contributed by atoms with Gasteiger partial charge in [0.1, 0.15) is 0 Å². The first-order chi connectivity index (χ1) is 9.34. The van der Waals surface area contributed by atoms with E-state index in [9.17, 15) is 13.2 Å². The highest BCUT2D eigenvalue weighted by Crippen LogP contribution is 2.25. The van der Waals surface area contributed by atoms with Gasteiger partial charge in [-0.15, -0.1) is 5.10 Å². The van der Waals surface area contributed by atoms with E-state index >= 15 is 0 Å². The van der Waals surface area contributed by atoms with Crippen LogP contribution in [-0.4, -0.2) is 30.0 Å². The Bertz CT molecular complexity index is 446. The molecule has 0 unspecified atom stereocenters. The second-order valence-corrected chi connectivity index (χ2v) is 4.63. The van der Waals surface area contributed by atoms with Gasteiger partial charge in [-0.05, 0) is 18.4 Å². The standard InChI is InChI=1S/C13H21F3N4/c1-4-9-10(8-17)12(19-18-11(9)5-2)20(3)7-6-13(14,15)16/h4-8,17H2,1-3H3. The predicted octanol–water partition coefficient (Wildman–Crippen LogP) is 2.45. The van der Waals surface area contributed by atoms with Gasteiger partial charge in [0.05, 0.1) is 12.1 Å². The van der Waals surface area contributed by atoms with Crippen LogP contribution in [-0.2, 0) is 19.4 Å². The molecule has 0 bridgehead atoms. The predicted molar refractivity (Wildman–Crippen MR) is 72.6 cm³/mol. The van der Waals surface area contributed by atoms with Gasteiger partial charge in [-0.2, -0.15) is 18.3 Å². The number of aromatic nitrogens is 2. The van der Waals surface area contributed by atoms with Crippen molar-refractivity contribution in [1.82, 2.24) is 10.2 Å². The maximum absolute atomic E-state index is 12.3. The zero-order chi connectivity index (χ0) is 15.3. The molecule has 1 aromatic heterocycles. The molecule has 2 N–H and O–H groups in total. The first-order valence-electron chi connectivity index (χ1n) is 6.69. The van der Waals surface area contributed by atoms with Crippen LogP contribution in [0.25, 0.3) is 0 Å². The van der Waals surface area contributed by atoms with Gasteiger partial charge in [-0.3, -0.25) is 0 Å². The molecule has 0 aliphatic heterocycles. The quantitative estimate of drug-likeness (QED) is 0.874. The molecule has 0 amide bonds. The summed E-state index contributed by atoms with van der Waals surface area (Å²) in [5, 5.41) is 8.17. The van der Waals surface area contributed by atoms with Crippen molar-refractivity contribution >= 4 is 5.82 Å². The van der Waals surface area contributed by atoms with Crippen LogP contribution < -0.4 is 10.6 Å². The minimum absolute atomic E-state index is 0.153. The number of rotatable bonds is 6. The molecule has 114 valence electrons. The Kier molecular flexibility index (Phi) is 5.74. The van der Waals surface area contributed by atoms with E-state index in [2.05, 4.69) is 10.2 Å². The summed E-state index contributed by atoms with van der Waals surface area (Å²) in [6.07, 6.45) is -3.59. The van der Waals surface area contributed by atoms with E-state index in [1.54, 1.807) is 7.05 Å². The molecule has 7 heteroatoms. The van der Waals surface area contributed by atoms with Crippen molar-refractivity contribution in [3.05, 3.63) is 16.8 Å². The lowest BCUT2D eigenvalue weighted by molar-refractivity contribution is -0.132. The van der Waals surface area contributed by atoms with Crippen molar-refractivity contribution in [3.8, 4) is 0 Å². The number of alkyl halides is 3. The van der Waals surface area contributed by atoms with E-state index in [1.807, 2.05) is 13.8 Å². The van der Waals surface area contributed by atoms with E-state index in [0.717, 1.165) is 29.7 Å². The second kappa shape index (κ2) is 6.88. The Hall–Kier alpha value is -1.37. The van der Waals surface area contributed by atoms with Crippen molar-refractivity contribution in [2.45, 2.75) is 45.8 Å². The molecule has 0 radical (unpaired) electrons. The Balaban J connectivity index is 3.05. The van der Waals surface area contributed by atoms with E-state index in [1.165, 1.54) is 4.90 Å². The van der Waals surface area contributed by atoms with Crippen molar-refractivity contribution in [1.29, 1.82) is 0 Å². The summed E-state index contributed by atoms with van der Waals surface area (Å²) < 4.78 is 36.9. The van der Waals surface area contributed by atoms with E-state index in [0.29, 0.717) is 5.82 Å².